The van der Waals surface area contributed by atoms with Gasteiger partial charge in [-0.25, -0.2) is 4.98 Å². The van der Waals surface area contributed by atoms with E-state index in [1.807, 2.05) is 12.5 Å². The van der Waals surface area contributed by atoms with Crippen molar-refractivity contribution in [3.05, 3.63) is 18.2 Å². The van der Waals surface area contributed by atoms with Crippen molar-refractivity contribution >= 4 is 0 Å². The van der Waals surface area contributed by atoms with Gasteiger partial charge in [-0.1, -0.05) is 6.92 Å². The van der Waals surface area contributed by atoms with Crippen LogP contribution in [0.25, 0.3) is 0 Å². The van der Waals surface area contributed by atoms with Crippen LogP contribution in [0.5, 0.6) is 0 Å². The van der Waals surface area contributed by atoms with Crippen LogP contribution in [-0.2, 0) is 6.54 Å². The van der Waals surface area contributed by atoms with E-state index in [-0.39, 0.29) is 18.7 Å². The van der Waals surface area contributed by atoms with Gasteiger partial charge in [0.1, 0.15) is 0 Å². The predicted octanol–water partition coefficient (Wildman–Crippen LogP) is 0.653. The number of hydrogen-bond donors (Lipinski definition) is 3. The largest absolute Gasteiger partial charge is 0.396 e. The van der Waals surface area contributed by atoms with Crippen LogP contribution < -0.4 is 11.1 Å². The van der Waals surface area contributed by atoms with Gasteiger partial charge in [-0.3, -0.25) is 0 Å². The monoisotopic (exact) mass is 240 g/mol. The molecule has 0 saturated carbocycles. The minimum Gasteiger partial charge on any atom is -0.396 e. The van der Waals surface area contributed by atoms with E-state index < -0.39 is 0 Å². The summed E-state index contributed by atoms with van der Waals surface area (Å²) in [7, 11) is 0. The number of hydrogen-bond acceptors (Lipinski definition) is 4. The van der Waals surface area contributed by atoms with E-state index >= 15 is 0 Å². The summed E-state index contributed by atoms with van der Waals surface area (Å²) in [5.74, 6) is 0. The molecule has 0 aliphatic heterocycles. The number of aromatic nitrogens is 2. The number of aliphatic hydroxyl groups excluding tert-OH is 1. The second-order valence-corrected chi connectivity index (χ2v) is 4.38. The highest BCUT2D eigenvalue weighted by molar-refractivity contribution is 5.06. The minimum absolute atomic E-state index is 0.102. The second-order valence-electron chi connectivity index (χ2n) is 4.38. The Balaban J connectivity index is 2.68. The maximum atomic E-state index is 8.90. The van der Waals surface area contributed by atoms with Gasteiger partial charge < -0.3 is 20.7 Å². The average Bonchev–Trinajstić information content (AvgIpc) is 2.75. The maximum absolute atomic E-state index is 8.90. The lowest BCUT2D eigenvalue weighted by Gasteiger charge is -2.22. The molecule has 1 rings (SSSR count). The highest BCUT2D eigenvalue weighted by atomic mass is 16.3. The summed E-state index contributed by atoms with van der Waals surface area (Å²) in [5, 5.41) is 12.3. The number of nitrogens with two attached hydrogens (primary N) is 1. The fourth-order valence-electron chi connectivity index (χ4n) is 1.94. The van der Waals surface area contributed by atoms with Crippen LogP contribution in [0, 0.1) is 0 Å². The first kappa shape index (κ1) is 14.2. The molecule has 0 fully saturated rings. The fourth-order valence-corrected chi connectivity index (χ4v) is 1.94. The molecular weight excluding hydrogens is 216 g/mol. The summed E-state index contributed by atoms with van der Waals surface area (Å²) in [6.45, 7) is 5.88. The van der Waals surface area contributed by atoms with Gasteiger partial charge in [0, 0.05) is 31.9 Å². The molecule has 0 radical (unpaired) electrons. The molecule has 0 spiro atoms. The van der Waals surface area contributed by atoms with E-state index in [1.165, 1.54) is 0 Å². The number of nitrogens with one attached hydrogen (secondary N) is 1. The molecule has 0 bridgehead atoms. The number of imidazole rings is 1. The van der Waals surface area contributed by atoms with Crippen LogP contribution >= 0.6 is 0 Å². The standard InChI is InChI=1S/C12H24N4O/c1-3-5-16-9-14-8-12(16)11(7-13)15-10(2)4-6-17/h8-11,15,17H,3-7,13H2,1-2H3. The van der Waals surface area contributed by atoms with Crippen molar-refractivity contribution in [2.45, 2.75) is 45.3 Å². The molecule has 2 atom stereocenters. The summed E-state index contributed by atoms with van der Waals surface area (Å²) >= 11 is 0. The van der Waals surface area contributed by atoms with Crippen molar-refractivity contribution in [2.75, 3.05) is 13.2 Å². The van der Waals surface area contributed by atoms with Crippen molar-refractivity contribution in [1.82, 2.24) is 14.9 Å². The maximum Gasteiger partial charge on any atom is 0.0948 e. The Labute approximate surface area is 103 Å². The van der Waals surface area contributed by atoms with E-state index in [4.69, 9.17) is 10.8 Å². The Morgan fingerprint density at radius 1 is 1.59 bits per heavy atom. The molecule has 0 aliphatic rings. The first-order valence-electron chi connectivity index (χ1n) is 6.29. The fraction of sp³-hybridized carbons (Fsp3) is 0.750. The van der Waals surface area contributed by atoms with Crippen LogP contribution in [-0.4, -0.2) is 33.9 Å². The first-order valence-corrected chi connectivity index (χ1v) is 6.29. The summed E-state index contributed by atoms with van der Waals surface area (Å²) in [6, 6.07) is 0.351. The second kappa shape index (κ2) is 7.42. The highest BCUT2D eigenvalue weighted by Crippen LogP contribution is 2.13. The molecule has 98 valence electrons. The number of nitrogens with zero attached hydrogens (tertiary/aromatic N) is 2. The van der Waals surface area contributed by atoms with Crippen molar-refractivity contribution < 1.29 is 5.11 Å². The Morgan fingerprint density at radius 3 is 2.94 bits per heavy atom. The summed E-state index contributed by atoms with van der Waals surface area (Å²) in [5.41, 5.74) is 6.93. The average molecular weight is 240 g/mol. The Kier molecular flexibility index (Phi) is 6.18. The Morgan fingerprint density at radius 2 is 2.35 bits per heavy atom. The summed E-state index contributed by atoms with van der Waals surface area (Å²) < 4.78 is 2.14. The van der Waals surface area contributed by atoms with Gasteiger partial charge in [0.25, 0.3) is 0 Å². The van der Waals surface area contributed by atoms with Gasteiger partial charge >= 0.3 is 0 Å². The molecule has 1 aromatic rings. The van der Waals surface area contributed by atoms with Crippen molar-refractivity contribution in [1.29, 1.82) is 0 Å². The normalized spacial score (nSPS) is 14.8. The number of rotatable bonds is 8. The number of aliphatic hydroxyl groups is 1. The Hall–Kier alpha value is -0.910. The topological polar surface area (TPSA) is 76.1 Å². The predicted molar refractivity (Wildman–Crippen MR) is 68.6 cm³/mol. The van der Waals surface area contributed by atoms with Crippen molar-refractivity contribution in [2.24, 2.45) is 5.73 Å². The molecule has 2 unspecified atom stereocenters. The van der Waals surface area contributed by atoms with Crippen LogP contribution in [0.2, 0.25) is 0 Å². The third kappa shape index (κ3) is 4.11. The lowest BCUT2D eigenvalue weighted by atomic mass is 10.1. The molecule has 4 N–H and O–H groups in total. The minimum atomic E-state index is 0.102. The first-order chi connectivity index (χ1) is 8.22. The van der Waals surface area contributed by atoms with E-state index in [1.54, 1.807) is 0 Å². The van der Waals surface area contributed by atoms with Gasteiger partial charge in [-0.2, -0.15) is 0 Å². The molecule has 0 aliphatic carbocycles. The molecule has 5 nitrogen and oxygen atoms in total. The van der Waals surface area contributed by atoms with Crippen LogP contribution in [0.3, 0.4) is 0 Å². The lowest BCUT2D eigenvalue weighted by molar-refractivity contribution is 0.262. The third-order valence-electron chi connectivity index (χ3n) is 2.85. The molecule has 0 amide bonds. The van der Waals surface area contributed by atoms with Crippen LogP contribution in [0.15, 0.2) is 12.5 Å². The van der Waals surface area contributed by atoms with E-state index in [2.05, 4.69) is 28.7 Å². The van der Waals surface area contributed by atoms with Gasteiger partial charge in [-0.05, 0) is 19.8 Å². The number of aryl methyl sites for hydroxylation is 1. The van der Waals surface area contributed by atoms with E-state index in [0.717, 1.165) is 25.1 Å². The Bertz CT molecular complexity index is 313. The lowest BCUT2D eigenvalue weighted by Crippen LogP contribution is -2.36. The SMILES string of the molecule is CCCn1cncc1C(CN)NC(C)CCO. The van der Waals surface area contributed by atoms with Crippen LogP contribution in [0.4, 0.5) is 0 Å². The van der Waals surface area contributed by atoms with Crippen molar-refractivity contribution in [3.63, 3.8) is 0 Å². The smallest absolute Gasteiger partial charge is 0.0948 e. The van der Waals surface area contributed by atoms with Gasteiger partial charge in [0.15, 0.2) is 0 Å². The summed E-state index contributed by atoms with van der Waals surface area (Å²) in [6.07, 6.45) is 5.52. The summed E-state index contributed by atoms with van der Waals surface area (Å²) in [4.78, 5) is 4.18. The van der Waals surface area contributed by atoms with E-state index in [0.29, 0.717) is 6.54 Å². The molecule has 1 heterocycles. The quantitative estimate of drug-likeness (QED) is 0.624. The van der Waals surface area contributed by atoms with Crippen molar-refractivity contribution in [3.8, 4) is 0 Å². The molecule has 0 saturated heterocycles. The van der Waals surface area contributed by atoms with E-state index in [9.17, 15) is 0 Å². The van der Waals surface area contributed by atoms with Gasteiger partial charge in [0.05, 0.1) is 18.1 Å². The molecule has 1 aromatic heterocycles. The molecule has 5 heteroatoms. The van der Waals surface area contributed by atoms with Gasteiger partial charge in [0.2, 0.25) is 0 Å². The zero-order valence-electron chi connectivity index (χ0n) is 10.8. The molecule has 0 aromatic carbocycles. The van der Waals surface area contributed by atoms with Gasteiger partial charge in [-0.15, -0.1) is 0 Å². The molecular formula is C12H24N4O. The zero-order valence-corrected chi connectivity index (χ0v) is 10.8. The zero-order chi connectivity index (χ0) is 12.7. The van der Waals surface area contributed by atoms with Crippen LogP contribution in [0.1, 0.15) is 38.4 Å². The molecule has 17 heavy (non-hydrogen) atoms. The third-order valence-corrected chi connectivity index (χ3v) is 2.85. The highest BCUT2D eigenvalue weighted by Gasteiger charge is 2.16.